The van der Waals surface area contributed by atoms with Crippen LogP contribution in [0.25, 0.3) is 0 Å². The van der Waals surface area contributed by atoms with E-state index in [4.69, 9.17) is 10.5 Å². The molecule has 5 nitrogen and oxygen atoms in total. The minimum absolute atomic E-state index is 0.303. The number of benzene rings is 1. The minimum atomic E-state index is -0.303. The van der Waals surface area contributed by atoms with Crippen LogP contribution in [0.5, 0.6) is 0 Å². The zero-order chi connectivity index (χ0) is 12.5. The molecule has 0 atom stereocenters. The van der Waals surface area contributed by atoms with Crippen LogP contribution in [-0.4, -0.2) is 32.1 Å². The maximum atomic E-state index is 11.5. The quantitative estimate of drug-likeness (QED) is 0.342. The first-order valence-electron chi connectivity index (χ1n) is 5.42. The van der Waals surface area contributed by atoms with E-state index in [-0.39, 0.29) is 5.97 Å². The standard InChI is InChI=1S/C12H17N3O2/c1-14-12(13)15-8-5-9-17-11(16)10-6-3-2-4-7-10/h2-4,6-7H,5,8-9H2,1H3,(H3,13,14,15). The molecule has 0 aliphatic heterocycles. The third-order valence-electron chi connectivity index (χ3n) is 2.11. The zero-order valence-corrected chi connectivity index (χ0v) is 9.85. The van der Waals surface area contributed by atoms with Crippen molar-refractivity contribution in [2.24, 2.45) is 10.7 Å². The first kappa shape index (κ1) is 13.0. The van der Waals surface area contributed by atoms with Crippen molar-refractivity contribution in [2.45, 2.75) is 6.42 Å². The van der Waals surface area contributed by atoms with Crippen LogP contribution in [0, 0.1) is 0 Å². The average molecular weight is 235 g/mol. The van der Waals surface area contributed by atoms with Gasteiger partial charge >= 0.3 is 5.97 Å². The lowest BCUT2D eigenvalue weighted by atomic mass is 10.2. The van der Waals surface area contributed by atoms with E-state index in [0.717, 1.165) is 0 Å². The molecule has 17 heavy (non-hydrogen) atoms. The van der Waals surface area contributed by atoms with E-state index in [2.05, 4.69) is 10.3 Å². The van der Waals surface area contributed by atoms with Gasteiger partial charge in [0.1, 0.15) is 0 Å². The van der Waals surface area contributed by atoms with Gasteiger partial charge in [0.2, 0.25) is 0 Å². The number of nitrogens with zero attached hydrogens (tertiary/aromatic N) is 1. The Morgan fingerprint density at radius 3 is 2.76 bits per heavy atom. The molecule has 0 amide bonds. The number of esters is 1. The summed E-state index contributed by atoms with van der Waals surface area (Å²) < 4.78 is 5.08. The molecular formula is C12H17N3O2. The van der Waals surface area contributed by atoms with Crippen LogP contribution in [-0.2, 0) is 4.74 Å². The minimum Gasteiger partial charge on any atom is -0.462 e. The Morgan fingerprint density at radius 2 is 2.12 bits per heavy atom. The van der Waals surface area contributed by atoms with Crippen molar-refractivity contribution in [3.63, 3.8) is 0 Å². The van der Waals surface area contributed by atoms with Gasteiger partial charge in [0.05, 0.1) is 12.2 Å². The number of nitrogens with one attached hydrogen (secondary N) is 1. The van der Waals surface area contributed by atoms with Crippen molar-refractivity contribution in [3.05, 3.63) is 35.9 Å². The fourth-order valence-corrected chi connectivity index (χ4v) is 1.19. The van der Waals surface area contributed by atoms with Crippen molar-refractivity contribution < 1.29 is 9.53 Å². The van der Waals surface area contributed by atoms with E-state index in [0.29, 0.717) is 31.1 Å². The number of rotatable bonds is 5. The number of ether oxygens (including phenoxy) is 1. The first-order valence-corrected chi connectivity index (χ1v) is 5.42. The van der Waals surface area contributed by atoms with Gasteiger partial charge in [-0.3, -0.25) is 4.99 Å². The van der Waals surface area contributed by atoms with Crippen molar-refractivity contribution in [2.75, 3.05) is 20.2 Å². The lowest BCUT2D eigenvalue weighted by Gasteiger charge is -2.06. The molecule has 1 aromatic carbocycles. The van der Waals surface area contributed by atoms with E-state index < -0.39 is 0 Å². The summed E-state index contributed by atoms with van der Waals surface area (Å²) in [6.45, 7) is 0.989. The van der Waals surface area contributed by atoms with Crippen molar-refractivity contribution in [1.29, 1.82) is 0 Å². The SMILES string of the molecule is CN=C(N)NCCCOC(=O)c1ccccc1. The predicted molar refractivity (Wildman–Crippen MR) is 66.9 cm³/mol. The Balaban J connectivity index is 2.17. The van der Waals surface area contributed by atoms with Crippen LogP contribution in [0.2, 0.25) is 0 Å². The van der Waals surface area contributed by atoms with Gasteiger partial charge in [-0.25, -0.2) is 4.79 Å². The normalized spacial score (nSPS) is 11.0. The number of aliphatic imine (C=N–C) groups is 1. The summed E-state index contributed by atoms with van der Waals surface area (Å²) in [5.74, 6) is 0.0853. The highest BCUT2D eigenvalue weighted by molar-refractivity contribution is 5.89. The Bertz CT molecular complexity index is 377. The van der Waals surface area contributed by atoms with Gasteiger partial charge in [-0.05, 0) is 18.6 Å². The van der Waals surface area contributed by atoms with Crippen LogP contribution in [0.4, 0.5) is 0 Å². The van der Waals surface area contributed by atoms with Gasteiger partial charge < -0.3 is 15.8 Å². The number of guanidine groups is 1. The highest BCUT2D eigenvalue weighted by Gasteiger charge is 2.04. The summed E-state index contributed by atoms with van der Waals surface area (Å²) in [4.78, 5) is 15.3. The van der Waals surface area contributed by atoms with Gasteiger partial charge in [0, 0.05) is 13.6 Å². The van der Waals surface area contributed by atoms with E-state index in [9.17, 15) is 4.79 Å². The molecule has 0 fully saturated rings. The molecule has 1 rings (SSSR count). The fraction of sp³-hybridized carbons (Fsp3) is 0.333. The van der Waals surface area contributed by atoms with Gasteiger partial charge in [-0.1, -0.05) is 18.2 Å². The molecule has 0 aliphatic rings. The monoisotopic (exact) mass is 235 g/mol. The summed E-state index contributed by atoms with van der Waals surface area (Å²) in [6, 6.07) is 8.91. The Morgan fingerprint density at radius 1 is 1.41 bits per heavy atom. The summed E-state index contributed by atoms with van der Waals surface area (Å²) >= 11 is 0. The van der Waals surface area contributed by atoms with Crippen molar-refractivity contribution in [3.8, 4) is 0 Å². The van der Waals surface area contributed by atoms with Gasteiger partial charge in [-0.15, -0.1) is 0 Å². The topological polar surface area (TPSA) is 76.7 Å². The van der Waals surface area contributed by atoms with Gasteiger partial charge in [0.25, 0.3) is 0 Å². The lowest BCUT2D eigenvalue weighted by Crippen LogP contribution is -2.32. The smallest absolute Gasteiger partial charge is 0.338 e. The first-order chi connectivity index (χ1) is 8.24. The number of hydrogen-bond donors (Lipinski definition) is 2. The number of carbonyl (C=O) groups excluding carboxylic acids is 1. The van der Waals surface area contributed by atoms with E-state index >= 15 is 0 Å². The molecule has 0 spiro atoms. The molecule has 3 N–H and O–H groups in total. The van der Waals surface area contributed by atoms with Crippen LogP contribution in [0.1, 0.15) is 16.8 Å². The molecule has 5 heteroatoms. The Hall–Kier alpha value is -2.04. The number of hydrogen-bond acceptors (Lipinski definition) is 3. The molecular weight excluding hydrogens is 218 g/mol. The van der Waals surface area contributed by atoms with Crippen molar-refractivity contribution >= 4 is 11.9 Å². The van der Waals surface area contributed by atoms with Crippen LogP contribution in [0.3, 0.4) is 0 Å². The van der Waals surface area contributed by atoms with Crippen LogP contribution < -0.4 is 11.1 Å². The summed E-state index contributed by atoms with van der Waals surface area (Å²) in [5.41, 5.74) is 6.00. The third kappa shape index (κ3) is 5.01. The molecule has 92 valence electrons. The second-order valence-electron chi connectivity index (χ2n) is 3.39. The Kier molecular flexibility index (Phi) is 5.57. The lowest BCUT2D eigenvalue weighted by molar-refractivity contribution is 0.0502. The molecule has 0 bridgehead atoms. The summed E-state index contributed by atoms with van der Waals surface area (Å²) in [7, 11) is 1.61. The second kappa shape index (κ2) is 7.27. The molecule has 0 unspecified atom stereocenters. The Labute approximate surface area is 101 Å². The largest absolute Gasteiger partial charge is 0.462 e. The van der Waals surface area contributed by atoms with E-state index in [1.807, 2.05) is 6.07 Å². The summed E-state index contributed by atoms with van der Waals surface area (Å²) in [6.07, 6.45) is 0.689. The molecule has 0 saturated heterocycles. The molecule has 1 aromatic rings. The number of nitrogens with two attached hydrogens (primary N) is 1. The third-order valence-corrected chi connectivity index (χ3v) is 2.11. The van der Waals surface area contributed by atoms with Crippen molar-refractivity contribution in [1.82, 2.24) is 5.32 Å². The second-order valence-corrected chi connectivity index (χ2v) is 3.39. The molecule has 0 aromatic heterocycles. The molecule has 0 aliphatic carbocycles. The van der Waals surface area contributed by atoms with Gasteiger partial charge in [-0.2, -0.15) is 0 Å². The van der Waals surface area contributed by atoms with Gasteiger partial charge in [0.15, 0.2) is 5.96 Å². The van der Waals surface area contributed by atoms with E-state index in [1.54, 1.807) is 31.3 Å². The number of carbonyl (C=O) groups is 1. The van der Waals surface area contributed by atoms with Crippen LogP contribution >= 0.6 is 0 Å². The predicted octanol–water partition coefficient (Wildman–Crippen LogP) is 0.768. The maximum absolute atomic E-state index is 11.5. The highest BCUT2D eigenvalue weighted by atomic mass is 16.5. The van der Waals surface area contributed by atoms with E-state index in [1.165, 1.54) is 0 Å². The highest BCUT2D eigenvalue weighted by Crippen LogP contribution is 2.00. The summed E-state index contributed by atoms with van der Waals surface area (Å²) in [5, 5.41) is 2.88. The molecule has 0 radical (unpaired) electrons. The molecule has 0 saturated carbocycles. The zero-order valence-electron chi connectivity index (χ0n) is 9.85. The van der Waals surface area contributed by atoms with Crippen LogP contribution in [0.15, 0.2) is 35.3 Å². The fourth-order valence-electron chi connectivity index (χ4n) is 1.19. The average Bonchev–Trinajstić information content (AvgIpc) is 2.38. The maximum Gasteiger partial charge on any atom is 0.338 e. The molecule has 0 heterocycles.